The molecule has 2 aliphatic rings. The lowest BCUT2D eigenvalue weighted by Crippen LogP contribution is -2.52. The molecular formula is C12H17N3OS. The van der Waals surface area contributed by atoms with Crippen LogP contribution >= 0.6 is 11.3 Å². The molecule has 3 rings (SSSR count). The van der Waals surface area contributed by atoms with Crippen LogP contribution in [0.1, 0.15) is 10.4 Å². The van der Waals surface area contributed by atoms with E-state index in [0.29, 0.717) is 0 Å². The summed E-state index contributed by atoms with van der Waals surface area (Å²) in [5.74, 6) is 0. The second-order valence-electron chi connectivity index (χ2n) is 4.56. The monoisotopic (exact) mass is 251 g/mol. The topological polar surface area (TPSA) is 35.6 Å². The third-order valence-electron chi connectivity index (χ3n) is 3.47. The van der Waals surface area contributed by atoms with E-state index in [1.54, 1.807) is 0 Å². The fraction of sp³-hybridized carbons (Fsp3) is 0.583. The molecule has 0 spiro atoms. The molecule has 1 fully saturated rings. The number of hydrogen-bond acceptors (Lipinski definition) is 3. The Morgan fingerprint density at radius 1 is 1.24 bits per heavy atom. The van der Waals surface area contributed by atoms with Gasteiger partial charge in [0.05, 0.1) is 0 Å². The van der Waals surface area contributed by atoms with Crippen molar-refractivity contribution in [1.29, 1.82) is 0 Å². The van der Waals surface area contributed by atoms with Gasteiger partial charge >= 0.3 is 6.03 Å². The largest absolute Gasteiger partial charge is 0.322 e. The van der Waals surface area contributed by atoms with Crippen LogP contribution in [0.25, 0.3) is 0 Å². The normalized spacial score (nSPS) is 20.2. The summed E-state index contributed by atoms with van der Waals surface area (Å²) in [4.78, 5) is 17.7. The molecule has 0 radical (unpaired) electrons. The highest BCUT2D eigenvalue weighted by Gasteiger charge is 2.26. The van der Waals surface area contributed by atoms with E-state index in [1.165, 1.54) is 10.4 Å². The van der Waals surface area contributed by atoms with Crippen molar-refractivity contribution < 1.29 is 4.79 Å². The van der Waals surface area contributed by atoms with Crippen LogP contribution in [-0.4, -0.2) is 48.6 Å². The van der Waals surface area contributed by atoms with Gasteiger partial charge in [-0.3, -0.25) is 0 Å². The molecule has 4 nitrogen and oxygen atoms in total. The minimum Gasteiger partial charge on any atom is -0.322 e. The van der Waals surface area contributed by atoms with Crippen molar-refractivity contribution in [3.8, 4) is 0 Å². The van der Waals surface area contributed by atoms with Gasteiger partial charge in [-0.2, -0.15) is 0 Å². The Morgan fingerprint density at radius 3 is 2.88 bits per heavy atom. The predicted octanol–water partition coefficient (Wildman–Crippen LogP) is 1.13. The van der Waals surface area contributed by atoms with E-state index in [0.717, 1.165) is 45.7 Å². The van der Waals surface area contributed by atoms with Gasteiger partial charge in [0.15, 0.2) is 0 Å². The number of fused-ring (bicyclic) bond motifs is 1. The highest BCUT2D eigenvalue weighted by Crippen LogP contribution is 2.24. The Morgan fingerprint density at radius 2 is 2.06 bits per heavy atom. The maximum atomic E-state index is 12.3. The van der Waals surface area contributed by atoms with Crippen LogP contribution in [0.2, 0.25) is 0 Å². The SMILES string of the molecule is O=C(N1CCNCC1)N1CCc2sccc2C1. The highest BCUT2D eigenvalue weighted by molar-refractivity contribution is 7.10. The summed E-state index contributed by atoms with van der Waals surface area (Å²) in [7, 11) is 0. The number of piperazine rings is 1. The van der Waals surface area contributed by atoms with Crippen LogP contribution in [0.4, 0.5) is 4.79 Å². The molecule has 0 bridgehead atoms. The standard InChI is InChI=1S/C12H17N3OS/c16-12(14-6-3-13-4-7-14)15-5-1-11-10(9-15)2-8-17-11/h2,8,13H,1,3-7,9H2. The summed E-state index contributed by atoms with van der Waals surface area (Å²) in [5.41, 5.74) is 1.34. The first-order valence-corrected chi connectivity index (χ1v) is 7.02. The summed E-state index contributed by atoms with van der Waals surface area (Å²) >= 11 is 1.81. The Hall–Kier alpha value is -1.07. The lowest BCUT2D eigenvalue weighted by molar-refractivity contribution is 0.142. The van der Waals surface area contributed by atoms with Crippen molar-refractivity contribution in [2.45, 2.75) is 13.0 Å². The van der Waals surface area contributed by atoms with E-state index in [9.17, 15) is 4.79 Å². The zero-order valence-electron chi connectivity index (χ0n) is 9.82. The van der Waals surface area contributed by atoms with Gasteiger partial charge in [-0.25, -0.2) is 4.79 Å². The molecule has 5 heteroatoms. The second-order valence-corrected chi connectivity index (χ2v) is 5.56. The zero-order chi connectivity index (χ0) is 11.7. The summed E-state index contributed by atoms with van der Waals surface area (Å²) in [5, 5.41) is 5.40. The number of thiophene rings is 1. The number of hydrogen-bond donors (Lipinski definition) is 1. The molecule has 92 valence electrons. The Labute approximate surface area is 105 Å². The van der Waals surface area contributed by atoms with Gasteiger partial charge < -0.3 is 15.1 Å². The Bertz CT molecular complexity index is 412. The van der Waals surface area contributed by atoms with Crippen LogP contribution in [-0.2, 0) is 13.0 Å². The van der Waals surface area contributed by atoms with Gasteiger partial charge in [-0.05, 0) is 23.4 Å². The van der Waals surface area contributed by atoms with Gasteiger partial charge in [-0.15, -0.1) is 11.3 Å². The van der Waals surface area contributed by atoms with Gasteiger partial charge in [0.1, 0.15) is 0 Å². The number of rotatable bonds is 0. The molecule has 1 aromatic heterocycles. The minimum atomic E-state index is 0.211. The van der Waals surface area contributed by atoms with Crippen molar-refractivity contribution in [2.24, 2.45) is 0 Å². The summed E-state index contributed by atoms with van der Waals surface area (Å²) in [6.07, 6.45) is 1.02. The molecule has 3 heterocycles. The Balaban J connectivity index is 1.67. The predicted molar refractivity (Wildman–Crippen MR) is 68.3 cm³/mol. The van der Waals surface area contributed by atoms with E-state index in [4.69, 9.17) is 0 Å². The van der Waals surface area contributed by atoms with Gasteiger partial charge in [0.25, 0.3) is 0 Å². The van der Waals surface area contributed by atoms with Crippen molar-refractivity contribution in [3.63, 3.8) is 0 Å². The lowest BCUT2D eigenvalue weighted by atomic mass is 10.1. The molecule has 0 atom stereocenters. The summed E-state index contributed by atoms with van der Waals surface area (Å²) in [6, 6.07) is 2.36. The highest BCUT2D eigenvalue weighted by atomic mass is 32.1. The van der Waals surface area contributed by atoms with Crippen LogP contribution in [0.3, 0.4) is 0 Å². The number of nitrogens with one attached hydrogen (secondary N) is 1. The quantitative estimate of drug-likeness (QED) is 0.750. The van der Waals surface area contributed by atoms with Crippen molar-refractivity contribution in [1.82, 2.24) is 15.1 Å². The van der Waals surface area contributed by atoms with Gasteiger partial charge in [0, 0.05) is 44.1 Å². The lowest BCUT2D eigenvalue weighted by Gasteiger charge is -2.35. The third-order valence-corrected chi connectivity index (χ3v) is 4.49. The van der Waals surface area contributed by atoms with E-state index in [1.807, 2.05) is 21.1 Å². The second kappa shape index (κ2) is 4.66. The maximum Gasteiger partial charge on any atom is 0.320 e. The van der Waals surface area contributed by atoms with Crippen molar-refractivity contribution in [3.05, 3.63) is 21.9 Å². The maximum absolute atomic E-state index is 12.3. The van der Waals surface area contributed by atoms with Gasteiger partial charge in [-0.1, -0.05) is 0 Å². The number of urea groups is 1. The smallest absolute Gasteiger partial charge is 0.320 e. The van der Waals surface area contributed by atoms with Crippen molar-refractivity contribution >= 4 is 17.4 Å². The zero-order valence-corrected chi connectivity index (χ0v) is 10.6. The molecule has 2 aliphatic heterocycles. The van der Waals surface area contributed by atoms with Crippen LogP contribution in [0.15, 0.2) is 11.4 Å². The van der Waals surface area contributed by atoms with E-state index in [-0.39, 0.29) is 6.03 Å². The van der Waals surface area contributed by atoms with Crippen LogP contribution < -0.4 is 5.32 Å². The van der Waals surface area contributed by atoms with Gasteiger partial charge in [0.2, 0.25) is 0 Å². The van der Waals surface area contributed by atoms with E-state index in [2.05, 4.69) is 16.8 Å². The molecule has 1 aromatic rings. The average molecular weight is 251 g/mol. The van der Waals surface area contributed by atoms with Crippen LogP contribution in [0.5, 0.6) is 0 Å². The molecule has 1 N–H and O–H groups in total. The number of amides is 2. The average Bonchev–Trinajstić information content (AvgIpc) is 2.86. The molecule has 0 aromatic carbocycles. The number of carbonyl (C=O) groups is 1. The van der Waals surface area contributed by atoms with Crippen molar-refractivity contribution in [2.75, 3.05) is 32.7 Å². The number of carbonyl (C=O) groups excluding carboxylic acids is 1. The molecule has 0 unspecified atom stereocenters. The molecule has 17 heavy (non-hydrogen) atoms. The van der Waals surface area contributed by atoms with E-state index < -0.39 is 0 Å². The molecule has 0 aliphatic carbocycles. The first-order chi connectivity index (χ1) is 8.34. The molecule has 1 saturated heterocycles. The third kappa shape index (κ3) is 2.17. The molecule has 0 saturated carbocycles. The molecular weight excluding hydrogens is 234 g/mol. The minimum absolute atomic E-state index is 0.211. The fourth-order valence-corrected chi connectivity index (χ4v) is 3.36. The summed E-state index contributed by atoms with van der Waals surface area (Å²) < 4.78 is 0. The summed E-state index contributed by atoms with van der Waals surface area (Å²) in [6.45, 7) is 5.18. The van der Waals surface area contributed by atoms with E-state index >= 15 is 0 Å². The molecule has 2 amide bonds. The first-order valence-electron chi connectivity index (χ1n) is 6.14. The fourth-order valence-electron chi connectivity index (χ4n) is 2.47. The first kappa shape index (κ1) is 11.0. The Kier molecular flexibility index (Phi) is 3.03. The number of nitrogens with zero attached hydrogens (tertiary/aromatic N) is 2. The van der Waals surface area contributed by atoms with Crippen LogP contribution in [0, 0.1) is 0 Å².